The van der Waals surface area contributed by atoms with E-state index < -0.39 is 0 Å². The molecule has 0 fully saturated rings. The molecule has 0 radical (unpaired) electrons. The zero-order valence-electron chi connectivity index (χ0n) is 10.5. The Labute approximate surface area is 102 Å². The smallest absolute Gasteiger partial charge is 0.305 e. The number of aryl methyl sites for hydroxylation is 1. The molecule has 0 unspecified atom stereocenters. The predicted molar refractivity (Wildman–Crippen MR) is 67.9 cm³/mol. The van der Waals surface area contributed by atoms with Gasteiger partial charge < -0.3 is 10.1 Å². The highest BCUT2D eigenvalue weighted by Gasteiger charge is 2.00. The number of carbonyl (C=O) groups is 1. The Bertz CT molecular complexity index is 353. The first-order valence-corrected chi connectivity index (χ1v) is 5.96. The summed E-state index contributed by atoms with van der Waals surface area (Å²) in [5.41, 5.74) is 1.15. The molecule has 0 amide bonds. The van der Waals surface area contributed by atoms with E-state index in [1.54, 1.807) is 6.20 Å². The molecule has 1 N–H and O–H groups in total. The fourth-order valence-corrected chi connectivity index (χ4v) is 1.55. The number of unbranched alkanes of at least 4 members (excludes halogenated alkanes) is 2. The van der Waals surface area contributed by atoms with E-state index in [4.69, 9.17) is 0 Å². The van der Waals surface area contributed by atoms with E-state index in [0.717, 1.165) is 37.2 Å². The van der Waals surface area contributed by atoms with Crippen molar-refractivity contribution in [3.8, 4) is 0 Å². The van der Waals surface area contributed by atoms with Gasteiger partial charge in [0.1, 0.15) is 5.82 Å². The number of nitrogens with zero attached hydrogens (tertiary/aromatic N) is 1. The number of aromatic nitrogens is 1. The second kappa shape index (κ2) is 7.65. The molecule has 1 aromatic heterocycles. The zero-order valence-corrected chi connectivity index (χ0v) is 10.5. The third kappa shape index (κ3) is 5.33. The van der Waals surface area contributed by atoms with Crippen LogP contribution in [0.2, 0.25) is 0 Å². The van der Waals surface area contributed by atoms with E-state index in [1.165, 1.54) is 7.11 Å². The Balaban J connectivity index is 2.09. The van der Waals surface area contributed by atoms with Gasteiger partial charge in [0.2, 0.25) is 0 Å². The van der Waals surface area contributed by atoms with Crippen molar-refractivity contribution >= 4 is 11.8 Å². The first kappa shape index (κ1) is 13.5. The number of hydrogen-bond donors (Lipinski definition) is 1. The quantitative estimate of drug-likeness (QED) is 0.584. The van der Waals surface area contributed by atoms with Crippen LogP contribution >= 0.6 is 0 Å². The fourth-order valence-electron chi connectivity index (χ4n) is 1.55. The van der Waals surface area contributed by atoms with E-state index in [9.17, 15) is 4.79 Å². The topological polar surface area (TPSA) is 51.2 Å². The molecule has 0 aliphatic carbocycles. The minimum Gasteiger partial charge on any atom is -0.469 e. The van der Waals surface area contributed by atoms with Crippen molar-refractivity contribution in [2.45, 2.75) is 32.6 Å². The standard InChI is InChI=1S/C13H20N2O2/c1-11-7-6-10-15-13(11)14-9-5-3-4-8-12(16)17-2/h6-7,10H,3-5,8-9H2,1-2H3,(H,14,15). The highest BCUT2D eigenvalue weighted by molar-refractivity contribution is 5.68. The summed E-state index contributed by atoms with van der Waals surface area (Å²) in [5, 5.41) is 3.29. The predicted octanol–water partition coefficient (Wildman–Crippen LogP) is 2.54. The number of esters is 1. The van der Waals surface area contributed by atoms with Crippen molar-refractivity contribution < 1.29 is 9.53 Å². The third-order valence-corrected chi connectivity index (χ3v) is 2.59. The third-order valence-electron chi connectivity index (χ3n) is 2.59. The molecule has 0 bridgehead atoms. The van der Waals surface area contributed by atoms with Crippen molar-refractivity contribution in [3.63, 3.8) is 0 Å². The van der Waals surface area contributed by atoms with E-state index in [0.29, 0.717) is 6.42 Å². The number of carbonyl (C=O) groups excluding carboxylic acids is 1. The average Bonchev–Trinajstić information content (AvgIpc) is 2.35. The van der Waals surface area contributed by atoms with Gasteiger partial charge in [0, 0.05) is 19.2 Å². The normalized spacial score (nSPS) is 10.0. The lowest BCUT2D eigenvalue weighted by Gasteiger charge is -2.07. The first-order valence-electron chi connectivity index (χ1n) is 5.96. The Morgan fingerprint density at radius 1 is 1.41 bits per heavy atom. The summed E-state index contributed by atoms with van der Waals surface area (Å²) in [5.74, 6) is 0.819. The second-order valence-corrected chi connectivity index (χ2v) is 3.98. The van der Waals surface area contributed by atoms with Gasteiger partial charge >= 0.3 is 5.97 Å². The largest absolute Gasteiger partial charge is 0.469 e. The van der Waals surface area contributed by atoms with Gasteiger partial charge in [-0.2, -0.15) is 0 Å². The molecule has 1 aromatic rings. The Morgan fingerprint density at radius 3 is 2.94 bits per heavy atom. The van der Waals surface area contributed by atoms with E-state index in [-0.39, 0.29) is 5.97 Å². The molecule has 4 heteroatoms. The maximum atomic E-state index is 10.9. The summed E-state index contributed by atoms with van der Waals surface area (Å²) < 4.78 is 4.58. The number of pyridine rings is 1. The van der Waals surface area contributed by atoms with Crippen LogP contribution in [0.25, 0.3) is 0 Å². The molecule has 0 spiro atoms. The molecule has 0 aromatic carbocycles. The number of nitrogens with one attached hydrogen (secondary N) is 1. The molecule has 0 aliphatic heterocycles. The van der Waals surface area contributed by atoms with Gasteiger partial charge in [-0.3, -0.25) is 4.79 Å². The Hall–Kier alpha value is -1.58. The molecule has 1 heterocycles. The van der Waals surface area contributed by atoms with Gasteiger partial charge in [0.25, 0.3) is 0 Å². The van der Waals surface area contributed by atoms with E-state index in [1.807, 2.05) is 19.1 Å². The fraction of sp³-hybridized carbons (Fsp3) is 0.538. The van der Waals surface area contributed by atoms with Gasteiger partial charge in [-0.25, -0.2) is 4.98 Å². The first-order chi connectivity index (χ1) is 8.24. The maximum absolute atomic E-state index is 10.9. The van der Waals surface area contributed by atoms with Crippen molar-refractivity contribution in [2.24, 2.45) is 0 Å². The summed E-state index contributed by atoms with van der Waals surface area (Å²) in [6.45, 7) is 2.92. The number of methoxy groups -OCH3 is 1. The van der Waals surface area contributed by atoms with Gasteiger partial charge in [-0.1, -0.05) is 12.5 Å². The van der Waals surface area contributed by atoms with Gasteiger partial charge in [-0.05, 0) is 31.4 Å². The lowest BCUT2D eigenvalue weighted by atomic mass is 10.2. The van der Waals surface area contributed by atoms with Crippen molar-refractivity contribution in [2.75, 3.05) is 19.0 Å². The number of ether oxygens (including phenoxy) is 1. The molecule has 0 atom stereocenters. The molecule has 17 heavy (non-hydrogen) atoms. The lowest BCUT2D eigenvalue weighted by Crippen LogP contribution is -2.05. The Morgan fingerprint density at radius 2 is 2.24 bits per heavy atom. The molecule has 4 nitrogen and oxygen atoms in total. The van der Waals surface area contributed by atoms with Crippen LogP contribution in [0, 0.1) is 6.92 Å². The summed E-state index contributed by atoms with van der Waals surface area (Å²) in [4.78, 5) is 15.1. The second-order valence-electron chi connectivity index (χ2n) is 3.98. The minimum absolute atomic E-state index is 0.126. The minimum atomic E-state index is -0.126. The highest BCUT2D eigenvalue weighted by Crippen LogP contribution is 2.09. The molecule has 94 valence electrons. The van der Waals surface area contributed by atoms with Crippen molar-refractivity contribution in [3.05, 3.63) is 23.9 Å². The van der Waals surface area contributed by atoms with Gasteiger partial charge in [0.05, 0.1) is 7.11 Å². The average molecular weight is 236 g/mol. The van der Waals surface area contributed by atoms with Crippen LogP contribution in [0.3, 0.4) is 0 Å². The summed E-state index contributed by atoms with van der Waals surface area (Å²) in [6.07, 6.45) is 5.24. The number of rotatable bonds is 7. The van der Waals surface area contributed by atoms with Crippen LogP contribution in [0.4, 0.5) is 5.82 Å². The van der Waals surface area contributed by atoms with Crippen molar-refractivity contribution in [1.82, 2.24) is 4.98 Å². The van der Waals surface area contributed by atoms with Crippen LogP contribution in [-0.2, 0) is 9.53 Å². The van der Waals surface area contributed by atoms with E-state index >= 15 is 0 Å². The maximum Gasteiger partial charge on any atom is 0.305 e. The highest BCUT2D eigenvalue weighted by atomic mass is 16.5. The molecular formula is C13H20N2O2. The van der Waals surface area contributed by atoms with Crippen LogP contribution in [0.1, 0.15) is 31.2 Å². The van der Waals surface area contributed by atoms with Crippen LogP contribution in [-0.4, -0.2) is 24.6 Å². The van der Waals surface area contributed by atoms with Crippen LogP contribution in [0.5, 0.6) is 0 Å². The van der Waals surface area contributed by atoms with Gasteiger partial charge in [0.15, 0.2) is 0 Å². The summed E-state index contributed by atoms with van der Waals surface area (Å²) >= 11 is 0. The lowest BCUT2D eigenvalue weighted by molar-refractivity contribution is -0.140. The van der Waals surface area contributed by atoms with Gasteiger partial charge in [-0.15, -0.1) is 0 Å². The zero-order chi connectivity index (χ0) is 12.5. The SMILES string of the molecule is COC(=O)CCCCCNc1ncccc1C. The monoisotopic (exact) mass is 236 g/mol. The number of anilines is 1. The molecule has 0 saturated heterocycles. The van der Waals surface area contributed by atoms with Crippen LogP contribution < -0.4 is 5.32 Å². The number of hydrogen-bond acceptors (Lipinski definition) is 4. The summed E-state index contributed by atoms with van der Waals surface area (Å²) in [7, 11) is 1.42. The van der Waals surface area contributed by atoms with Crippen LogP contribution in [0.15, 0.2) is 18.3 Å². The summed E-state index contributed by atoms with van der Waals surface area (Å²) in [6, 6.07) is 3.96. The molecule has 1 rings (SSSR count). The molecular weight excluding hydrogens is 216 g/mol. The van der Waals surface area contributed by atoms with E-state index in [2.05, 4.69) is 15.0 Å². The Kier molecular flexibility index (Phi) is 6.07. The van der Waals surface area contributed by atoms with Crippen molar-refractivity contribution in [1.29, 1.82) is 0 Å². The molecule has 0 saturated carbocycles. The molecule has 0 aliphatic rings.